The monoisotopic (exact) mass is 453 g/mol. The van der Waals surface area contributed by atoms with E-state index in [0.29, 0.717) is 21.9 Å². The molecule has 164 valence electrons. The van der Waals surface area contributed by atoms with Crippen LogP contribution in [0, 0.1) is 6.92 Å². The first kappa shape index (κ1) is 21.1. The zero-order valence-corrected chi connectivity index (χ0v) is 19.2. The van der Waals surface area contributed by atoms with E-state index in [2.05, 4.69) is 4.98 Å². The molecule has 0 unspecified atom stereocenters. The number of aromatic nitrogens is 3. The Morgan fingerprint density at radius 2 is 1.79 bits per heavy atom. The highest BCUT2D eigenvalue weighted by molar-refractivity contribution is 7.98. The summed E-state index contributed by atoms with van der Waals surface area (Å²) in [6, 6.07) is 25.9. The third-order valence-electron chi connectivity index (χ3n) is 5.55. The van der Waals surface area contributed by atoms with Crippen molar-refractivity contribution in [2.75, 3.05) is 7.11 Å². The van der Waals surface area contributed by atoms with Crippen LogP contribution in [-0.4, -0.2) is 21.6 Å². The Balaban J connectivity index is 1.65. The second kappa shape index (κ2) is 9.00. The summed E-state index contributed by atoms with van der Waals surface area (Å²) in [5.74, 6) is 1.47. The van der Waals surface area contributed by atoms with Crippen LogP contribution in [0.1, 0.15) is 11.1 Å². The van der Waals surface area contributed by atoms with Crippen LogP contribution in [0.5, 0.6) is 5.75 Å². The molecule has 0 amide bonds. The molecule has 0 aliphatic rings. The molecular weight excluding hydrogens is 430 g/mol. The minimum Gasteiger partial charge on any atom is -0.497 e. The summed E-state index contributed by atoms with van der Waals surface area (Å²) in [5, 5.41) is 0.649. The molecule has 6 heteroatoms. The number of nitrogens with one attached hydrogen (secondary N) is 1. The molecule has 0 saturated carbocycles. The highest BCUT2D eigenvalue weighted by atomic mass is 32.2. The van der Waals surface area contributed by atoms with E-state index in [1.54, 1.807) is 11.7 Å². The molecule has 0 spiro atoms. The highest BCUT2D eigenvalue weighted by Gasteiger charge is 2.18. The van der Waals surface area contributed by atoms with Gasteiger partial charge in [0.2, 0.25) is 0 Å². The number of aryl methyl sites for hydroxylation is 1. The van der Waals surface area contributed by atoms with Gasteiger partial charge in [-0.05, 0) is 42.3 Å². The maximum Gasteiger partial charge on any atom is 0.283 e. The van der Waals surface area contributed by atoms with Crippen LogP contribution in [0.25, 0.3) is 27.8 Å². The predicted octanol–water partition coefficient (Wildman–Crippen LogP) is 5.99. The summed E-state index contributed by atoms with van der Waals surface area (Å²) in [4.78, 5) is 21.8. The van der Waals surface area contributed by atoms with Gasteiger partial charge in [0, 0.05) is 17.5 Å². The average molecular weight is 454 g/mol. The van der Waals surface area contributed by atoms with Gasteiger partial charge in [-0.25, -0.2) is 4.98 Å². The molecule has 33 heavy (non-hydrogen) atoms. The van der Waals surface area contributed by atoms with Crippen molar-refractivity contribution in [3.8, 4) is 22.6 Å². The first-order valence-corrected chi connectivity index (χ1v) is 11.6. The maximum atomic E-state index is 13.6. The fourth-order valence-electron chi connectivity index (χ4n) is 3.81. The number of nitrogens with zero attached hydrogens (tertiary/aromatic N) is 2. The Labute approximate surface area is 196 Å². The van der Waals surface area contributed by atoms with Crippen LogP contribution in [0.4, 0.5) is 0 Å². The van der Waals surface area contributed by atoms with E-state index in [1.807, 2.05) is 92.0 Å². The average Bonchev–Trinajstić information content (AvgIpc) is 3.28. The van der Waals surface area contributed by atoms with E-state index >= 15 is 0 Å². The maximum absolute atomic E-state index is 13.6. The molecule has 0 saturated heterocycles. The molecular formula is C27H23N3O2S. The van der Waals surface area contributed by atoms with E-state index in [0.717, 1.165) is 33.7 Å². The van der Waals surface area contributed by atoms with Gasteiger partial charge in [-0.1, -0.05) is 71.9 Å². The minimum absolute atomic E-state index is 0.112. The molecule has 3 aromatic carbocycles. The number of benzene rings is 3. The number of aromatic amines is 1. The lowest BCUT2D eigenvalue weighted by Crippen LogP contribution is -2.21. The van der Waals surface area contributed by atoms with Gasteiger partial charge in [0.15, 0.2) is 5.16 Å². The molecule has 1 N–H and O–H groups in total. The number of rotatable bonds is 6. The summed E-state index contributed by atoms with van der Waals surface area (Å²) < 4.78 is 7.05. The molecule has 0 fully saturated rings. The van der Waals surface area contributed by atoms with Gasteiger partial charge in [-0.3, -0.25) is 9.36 Å². The van der Waals surface area contributed by atoms with Crippen molar-refractivity contribution < 1.29 is 4.74 Å². The van der Waals surface area contributed by atoms with Gasteiger partial charge in [0.25, 0.3) is 5.56 Å². The zero-order valence-electron chi connectivity index (χ0n) is 18.4. The molecule has 0 bridgehead atoms. The molecule has 5 aromatic rings. The number of hydrogen-bond donors (Lipinski definition) is 1. The van der Waals surface area contributed by atoms with Gasteiger partial charge in [0.05, 0.1) is 12.8 Å². The smallest absolute Gasteiger partial charge is 0.283 e. The van der Waals surface area contributed by atoms with Crippen molar-refractivity contribution in [3.63, 3.8) is 0 Å². The van der Waals surface area contributed by atoms with Crippen molar-refractivity contribution in [1.82, 2.24) is 14.5 Å². The van der Waals surface area contributed by atoms with Crippen molar-refractivity contribution in [2.45, 2.75) is 17.8 Å². The Hall–Kier alpha value is -3.77. The predicted molar refractivity (Wildman–Crippen MR) is 134 cm³/mol. The lowest BCUT2D eigenvalue weighted by atomic mass is 10.1. The third kappa shape index (κ3) is 4.17. The molecule has 2 heterocycles. The normalized spacial score (nSPS) is 11.1. The highest BCUT2D eigenvalue weighted by Crippen LogP contribution is 2.30. The Morgan fingerprint density at radius 3 is 2.55 bits per heavy atom. The van der Waals surface area contributed by atoms with Gasteiger partial charge in [-0.2, -0.15) is 0 Å². The topological polar surface area (TPSA) is 59.9 Å². The van der Waals surface area contributed by atoms with E-state index in [9.17, 15) is 4.79 Å². The fraction of sp³-hybridized carbons (Fsp3) is 0.111. The van der Waals surface area contributed by atoms with E-state index in [-0.39, 0.29) is 5.56 Å². The Kier molecular flexibility index (Phi) is 5.75. The number of hydrogen-bond acceptors (Lipinski definition) is 4. The summed E-state index contributed by atoms with van der Waals surface area (Å²) in [5.41, 5.74) is 6.04. The van der Waals surface area contributed by atoms with Crippen LogP contribution in [0.15, 0.2) is 95.0 Å². The largest absolute Gasteiger partial charge is 0.497 e. The van der Waals surface area contributed by atoms with Crippen LogP contribution in [0.2, 0.25) is 0 Å². The van der Waals surface area contributed by atoms with Crippen molar-refractivity contribution in [1.29, 1.82) is 0 Å². The summed E-state index contributed by atoms with van der Waals surface area (Å²) in [6.45, 7) is 2.03. The lowest BCUT2D eigenvalue weighted by molar-refractivity contribution is 0.414. The van der Waals surface area contributed by atoms with Gasteiger partial charge in [-0.15, -0.1) is 0 Å². The number of methoxy groups -OCH3 is 1. The quantitative estimate of drug-likeness (QED) is 0.253. The first-order chi connectivity index (χ1) is 16.1. The van der Waals surface area contributed by atoms with E-state index in [4.69, 9.17) is 9.72 Å². The van der Waals surface area contributed by atoms with Crippen LogP contribution in [-0.2, 0) is 5.75 Å². The van der Waals surface area contributed by atoms with Crippen LogP contribution in [0.3, 0.4) is 0 Å². The molecule has 5 nitrogen and oxygen atoms in total. The van der Waals surface area contributed by atoms with Crippen molar-refractivity contribution >= 4 is 22.8 Å². The van der Waals surface area contributed by atoms with Crippen LogP contribution < -0.4 is 10.3 Å². The standard InChI is InChI=1S/C27H23N3O2S/c1-18-11-13-21(14-12-18)30-26(31)25-24(23(16-28-25)20-8-4-3-5-9-20)29-27(30)33-17-19-7-6-10-22(15-19)32-2/h3-16,28H,17H2,1-2H3. The van der Waals surface area contributed by atoms with Crippen molar-refractivity contribution in [2.24, 2.45) is 0 Å². The Bertz CT molecular complexity index is 1470. The molecule has 0 atom stereocenters. The molecule has 0 radical (unpaired) electrons. The third-order valence-corrected chi connectivity index (χ3v) is 6.56. The molecule has 2 aromatic heterocycles. The number of H-pyrrole nitrogens is 1. The van der Waals surface area contributed by atoms with Gasteiger partial charge >= 0.3 is 0 Å². The van der Waals surface area contributed by atoms with E-state index in [1.165, 1.54) is 11.8 Å². The number of fused-ring (bicyclic) bond motifs is 1. The summed E-state index contributed by atoms with van der Waals surface area (Å²) in [7, 11) is 1.66. The second-order valence-corrected chi connectivity index (χ2v) is 8.75. The molecule has 0 aliphatic carbocycles. The number of thioether (sulfide) groups is 1. The minimum atomic E-state index is -0.112. The molecule has 5 rings (SSSR count). The van der Waals surface area contributed by atoms with Crippen molar-refractivity contribution in [3.05, 3.63) is 107 Å². The zero-order chi connectivity index (χ0) is 22.8. The Morgan fingerprint density at radius 1 is 1.00 bits per heavy atom. The van der Waals surface area contributed by atoms with Crippen LogP contribution >= 0.6 is 11.8 Å². The lowest BCUT2D eigenvalue weighted by Gasteiger charge is -2.13. The number of ether oxygens (including phenoxy) is 1. The van der Waals surface area contributed by atoms with Gasteiger partial charge in [0.1, 0.15) is 16.8 Å². The van der Waals surface area contributed by atoms with Gasteiger partial charge < -0.3 is 9.72 Å². The van der Waals surface area contributed by atoms with E-state index < -0.39 is 0 Å². The summed E-state index contributed by atoms with van der Waals surface area (Å²) in [6.07, 6.45) is 1.87. The fourth-order valence-corrected chi connectivity index (χ4v) is 4.75. The SMILES string of the molecule is COc1cccc(CSc2nc3c(-c4ccccc4)c[nH]c3c(=O)n2-c2ccc(C)cc2)c1. The second-order valence-electron chi connectivity index (χ2n) is 7.80. The summed E-state index contributed by atoms with van der Waals surface area (Å²) >= 11 is 1.54. The first-order valence-electron chi connectivity index (χ1n) is 10.7. The molecule has 0 aliphatic heterocycles.